The van der Waals surface area contributed by atoms with Crippen molar-refractivity contribution < 1.29 is 9.90 Å². The van der Waals surface area contributed by atoms with Gasteiger partial charge in [0.1, 0.15) is 0 Å². The van der Waals surface area contributed by atoms with Crippen LogP contribution in [0.5, 0.6) is 0 Å². The van der Waals surface area contributed by atoms with Gasteiger partial charge in [-0.2, -0.15) is 0 Å². The minimum Gasteiger partial charge on any atom is -0.395 e. The van der Waals surface area contributed by atoms with Crippen molar-refractivity contribution in [2.24, 2.45) is 0 Å². The third-order valence-electron chi connectivity index (χ3n) is 3.36. The Morgan fingerprint density at radius 3 is 2.91 bits per heavy atom. The Morgan fingerprint density at radius 2 is 2.30 bits per heavy atom. The molecule has 0 aliphatic heterocycles. The molecule has 2 aromatic rings. The summed E-state index contributed by atoms with van der Waals surface area (Å²) in [6.45, 7) is 6.00. The number of benzene rings is 1. The van der Waals surface area contributed by atoms with Gasteiger partial charge in [0.15, 0.2) is 5.69 Å². The van der Waals surface area contributed by atoms with Crippen LogP contribution in [0.3, 0.4) is 0 Å². The number of aliphatic hydroxyl groups is 1. The maximum absolute atomic E-state index is 12.6. The summed E-state index contributed by atoms with van der Waals surface area (Å²) in [5.74, 6) is -0.274. The van der Waals surface area contributed by atoms with Crippen LogP contribution in [-0.2, 0) is 6.42 Å². The summed E-state index contributed by atoms with van der Waals surface area (Å²) in [5, 5.41) is 17.8. The van der Waals surface area contributed by atoms with Crippen LogP contribution in [0.25, 0.3) is 5.69 Å². The smallest absolute Gasteiger partial charge is 0.276 e. The van der Waals surface area contributed by atoms with E-state index in [0.717, 1.165) is 5.69 Å². The molecule has 7 heteroatoms. The number of carbonyl (C=O) groups excluding carboxylic acids is 1. The highest BCUT2D eigenvalue weighted by molar-refractivity contribution is 6.30. The van der Waals surface area contributed by atoms with E-state index in [1.165, 1.54) is 4.90 Å². The van der Waals surface area contributed by atoms with E-state index >= 15 is 0 Å². The van der Waals surface area contributed by atoms with Crippen LogP contribution in [0.1, 0.15) is 23.1 Å². The Labute approximate surface area is 140 Å². The highest BCUT2D eigenvalue weighted by atomic mass is 35.5. The van der Waals surface area contributed by atoms with Crippen molar-refractivity contribution in [2.75, 3.05) is 19.7 Å². The van der Waals surface area contributed by atoms with Gasteiger partial charge in [-0.1, -0.05) is 35.9 Å². The van der Waals surface area contributed by atoms with Gasteiger partial charge in [0, 0.05) is 18.1 Å². The predicted octanol–water partition coefficient (Wildman–Crippen LogP) is 2.10. The van der Waals surface area contributed by atoms with Crippen LogP contribution in [0.2, 0.25) is 5.02 Å². The molecule has 0 unspecified atom stereocenters. The molecule has 0 saturated carbocycles. The second-order valence-electron chi connectivity index (χ2n) is 4.89. The molecule has 0 saturated heterocycles. The van der Waals surface area contributed by atoms with Gasteiger partial charge in [0.05, 0.1) is 18.0 Å². The Hall–Kier alpha value is -2.18. The van der Waals surface area contributed by atoms with Gasteiger partial charge in [0.2, 0.25) is 0 Å². The lowest BCUT2D eigenvalue weighted by atomic mass is 10.2. The van der Waals surface area contributed by atoms with E-state index in [1.54, 1.807) is 22.9 Å². The summed E-state index contributed by atoms with van der Waals surface area (Å²) >= 11 is 6.02. The molecule has 0 bridgehead atoms. The van der Waals surface area contributed by atoms with Crippen molar-refractivity contribution in [1.29, 1.82) is 0 Å². The van der Waals surface area contributed by atoms with Crippen LogP contribution in [-0.4, -0.2) is 50.6 Å². The highest BCUT2D eigenvalue weighted by Crippen LogP contribution is 2.18. The molecule has 1 heterocycles. The van der Waals surface area contributed by atoms with Gasteiger partial charge in [-0.05, 0) is 24.6 Å². The average molecular weight is 335 g/mol. The number of hydrogen-bond donors (Lipinski definition) is 1. The van der Waals surface area contributed by atoms with E-state index in [-0.39, 0.29) is 24.8 Å². The molecular weight excluding hydrogens is 316 g/mol. The monoisotopic (exact) mass is 334 g/mol. The normalized spacial score (nSPS) is 10.6. The zero-order chi connectivity index (χ0) is 16.8. The van der Waals surface area contributed by atoms with Crippen molar-refractivity contribution >= 4 is 17.5 Å². The molecule has 0 aliphatic carbocycles. The number of hydrogen-bond acceptors (Lipinski definition) is 4. The molecule has 0 fully saturated rings. The number of nitrogens with zero attached hydrogens (tertiary/aromatic N) is 4. The molecule has 6 nitrogen and oxygen atoms in total. The Kier molecular flexibility index (Phi) is 5.90. The minimum absolute atomic E-state index is 0.122. The van der Waals surface area contributed by atoms with Gasteiger partial charge in [-0.3, -0.25) is 4.79 Å². The second kappa shape index (κ2) is 7.89. The summed E-state index contributed by atoms with van der Waals surface area (Å²) in [7, 11) is 0. The number of aliphatic hydroxyl groups excluding tert-OH is 1. The number of amides is 1. The number of rotatable bonds is 7. The molecule has 0 aliphatic rings. The molecule has 1 N–H and O–H groups in total. The largest absolute Gasteiger partial charge is 0.395 e. The van der Waals surface area contributed by atoms with Crippen molar-refractivity contribution in [3.05, 3.63) is 53.3 Å². The molecule has 0 radical (unpaired) electrons. The molecule has 0 atom stereocenters. The van der Waals surface area contributed by atoms with Crippen LogP contribution in [0, 0.1) is 0 Å². The Bertz CT molecular complexity index is 699. The van der Waals surface area contributed by atoms with Crippen LogP contribution < -0.4 is 0 Å². The summed E-state index contributed by atoms with van der Waals surface area (Å²) in [6.07, 6.45) is 2.20. The molecule has 1 amide bonds. The van der Waals surface area contributed by atoms with Crippen molar-refractivity contribution in [3.63, 3.8) is 0 Å². The Balaban J connectivity index is 2.41. The lowest BCUT2D eigenvalue weighted by molar-refractivity contribution is 0.0736. The number of halogens is 1. The van der Waals surface area contributed by atoms with Gasteiger partial charge < -0.3 is 10.0 Å². The lowest BCUT2D eigenvalue weighted by Crippen LogP contribution is -2.34. The van der Waals surface area contributed by atoms with E-state index in [4.69, 9.17) is 16.7 Å². The van der Waals surface area contributed by atoms with E-state index in [2.05, 4.69) is 16.9 Å². The SMILES string of the molecule is C=CCN(CCO)C(=O)c1nnn(-c2cccc(Cl)c2)c1CC. The summed E-state index contributed by atoms with van der Waals surface area (Å²) in [6, 6.07) is 7.20. The van der Waals surface area contributed by atoms with E-state index in [9.17, 15) is 4.79 Å². The number of aromatic nitrogens is 3. The molecular formula is C16H19ClN4O2. The third-order valence-corrected chi connectivity index (χ3v) is 3.60. The van der Waals surface area contributed by atoms with Gasteiger partial charge in [-0.15, -0.1) is 11.7 Å². The molecule has 122 valence electrons. The number of carbonyl (C=O) groups is 1. The first-order chi connectivity index (χ1) is 11.1. The fourth-order valence-electron chi connectivity index (χ4n) is 2.30. The topological polar surface area (TPSA) is 71.2 Å². The first-order valence-electron chi connectivity index (χ1n) is 7.33. The maximum Gasteiger partial charge on any atom is 0.276 e. The standard InChI is InChI=1S/C16H19ClN4O2/c1-3-8-20(9-10-22)16(23)15-14(4-2)21(19-18-15)13-7-5-6-12(17)11-13/h3,5-7,11,22H,1,4,8-10H2,2H3. The average Bonchev–Trinajstić information content (AvgIpc) is 2.98. The molecule has 23 heavy (non-hydrogen) atoms. The zero-order valence-corrected chi connectivity index (χ0v) is 13.7. The van der Waals surface area contributed by atoms with Gasteiger partial charge in [0.25, 0.3) is 5.91 Å². The summed E-state index contributed by atoms with van der Waals surface area (Å²) < 4.78 is 1.62. The quantitative estimate of drug-likeness (QED) is 0.787. The van der Waals surface area contributed by atoms with E-state index in [0.29, 0.717) is 23.7 Å². The molecule has 2 rings (SSSR count). The van der Waals surface area contributed by atoms with Crippen molar-refractivity contribution in [3.8, 4) is 5.69 Å². The lowest BCUT2D eigenvalue weighted by Gasteiger charge is -2.19. The van der Waals surface area contributed by atoms with Crippen LogP contribution in [0.4, 0.5) is 0 Å². The van der Waals surface area contributed by atoms with Crippen LogP contribution in [0.15, 0.2) is 36.9 Å². The predicted molar refractivity (Wildman–Crippen MR) is 88.9 cm³/mol. The highest BCUT2D eigenvalue weighted by Gasteiger charge is 2.23. The van der Waals surface area contributed by atoms with Crippen LogP contribution >= 0.6 is 11.6 Å². The fourth-order valence-corrected chi connectivity index (χ4v) is 2.49. The van der Waals surface area contributed by atoms with Gasteiger partial charge in [-0.25, -0.2) is 4.68 Å². The Morgan fingerprint density at radius 1 is 1.52 bits per heavy atom. The second-order valence-corrected chi connectivity index (χ2v) is 5.33. The van der Waals surface area contributed by atoms with Crippen molar-refractivity contribution in [2.45, 2.75) is 13.3 Å². The first kappa shape index (κ1) is 17.2. The third kappa shape index (κ3) is 3.78. The minimum atomic E-state index is -0.274. The molecule has 1 aromatic heterocycles. The fraction of sp³-hybridized carbons (Fsp3) is 0.312. The zero-order valence-electron chi connectivity index (χ0n) is 12.9. The molecule has 0 spiro atoms. The summed E-state index contributed by atoms with van der Waals surface area (Å²) in [5.41, 5.74) is 1.73. The first-order valence-corrected chi connectivity index (χ1v) is 7.71. The maximum atomic E-state index is 12.6. The molecule has 1 aromatic carbocycles. The summed E-state index contributed by atoms with van der Waals surface area (Å²) in [4.78, 5) is 14.1. The van der Waals surface area contributed by atoms with Gasteiger partial charge >= 0.3 is 0 Å². The van der Waals surface area contributed by atoms with E-state index < -0.39 is 0 Å². The van der Waals surface area contributed by atoms with Crippen molar-refractivity contribution in [1.82, 2.24) is 19.9 Å². The van der Waals surface area contributed by atoms with E-state index in [1.807, 2.05) is 19.1 Å².